The van der Waals surface area contributed by atoms with Gasteiger partial charge in [-0.25, -0.2) is 9.07 Å². The van der Waals surface area contributed by atoms with E-state index in [1.54, 1.807) is 6.07 Å². The van der Waals surface area contributed by atoms with E-state index < -0.39 is 17.8 Å². The number of carbonyl (C=O) groups is 2. The number of hydrogen-bond acceptors (Lipinski definition) is 6. The maximum absolute atomic E-state index is 14.5. The number of halogens is 1. The molecule has 43 heavy (non-hydrogen) atoms. The smallest absolute Gasteiger partial charge is 0.251 e. The molecule has 2 heterocycles. The van der Waals surface area contributed by atoms with E-state index in [2.05, 4.69) is 20.5 Å². The molecule has 0 saturated carbocycles. The van der Waals surface area contributed by atoms with Crippen molar-refractivity contribution in [1.29, 1.82) is 0 Å². The van der Waals surface area contributed by atoms with Gasteiger partial charge in [0.05, 0.1) is 18.7 Å². The zero-order valence-electron chi connectivity index (χ0n) is 23.5. The van der Waals surface area contributed by atoms with Crippen molar-refractivity contribution < 1.29 is 18.7 Å². The molecule has 1 saturated heterocycles. The lowest BCUT2D eigenvalue weighted by Gasteiger charge is -2.32. The maximum Gasteiger partial charge on any atom is 0.251 e. The first-order valence-corrected chi connectivity index (χ1v) is 14.2. The third-order valence-electron chi connectivity index (χ3n) is 7.46. The summed E-state index contributed by atoms with van der Waals surface area (Å²) in [4.78, 5) is 31.8. The number of fused-ring (bicyclic) bond motifs is 1. The molecule has 0 radical (unpaired) electrons. The first-order chi connectivity index (χ1) is 21.0. The number of para-hydroxylation sites is 1. The van der Waals surface area contributed by atoms with Crippen LogP contribution in [0.3, 0.4) is 0 Å². The summed E-state index contributed by atoms with van der Waals surface area (Å²) < 4.78 is 21.5. The molecular weight excluding hydrogens is 547 g/mol. The highest BCUT2D eigenvalue weighted by Crippen LogP contribution is 2.28. The van der Waals surface area contributed by atoms with Gasteiger partial charge in [-0.3, -0.25) is 9.59 Å². The van der Waals surface area contributed by atoms with Crippen LogP contribution in [0, 0.1) is 5.82 Å². The number of nitrogens with zero attached hydrogens (tertiary/aromatic N) is 5. The number of morpholine rings is 1. The first-order valence-electron chi connectivity index (χ1n) is 14.2. The largest absolute Gasteiger partial charge is 0.378 e. The average molecular weight is 579 g/mol. The molecule has 2 amide bonds. The molecular formula is C33H31FN6O3. The van der Waals surface area contributed by atoms with Gasteiger partial charge in [0, 0.05) is 31.0 Å². The fourth-order valence-electron chi connectivity index (χ4n) is 5.29. The molecule has 10 heteroatoms. The van der Waals surface area contributed by atoms with Gasteiger partial charge in [-0.15, -0.1) is 5.10 Å². The van der Waals surface area contributed by atoms with E-state index in [0.29, 0.717) is 35.5 Å². The molecule has 1 aromatic heterocycles. The molecule has 1 unspecified atom stereocenters. The molecule has 1 atom stereocenters. The topological polar surface area (TPSA) is 92.6 Å². The van der Waals surface area contributed by atoms with Gasteiger partial charge in [0.15, 0.2) is 0 Å². The van der Waals surface area contributed by atoms with Crippen LogP contribution in [0.15, 0.2) is 103 Å². The Morgan fingerprint density at radius 1 is 0.907 bits per heavy atom. The third-order valence-corrected chi connectivity index (χ3v) is 7.46. The van der Waals surface area contributed by atoms with Crippen LogP contribution in [0.5, 0.6) is 0 Å². The molecule has 1 fully saturated rings. The van der Waals surface area contributed by atoms with Crippen LogP contribution in [0.4, 0.5) is 15.8 Å². The number of nitrogens with one attached hydrogen (secondary N) is 1. The Morgan fingerprint density at radius 3 is 2.42 bits per heavy atom. The van der Waals surface area contributed by atoms with Gasteiger partial charge in [-0.2, -0.15) is 0 Å². The SMILES string of the molecule is O=C(Nc1ccc(N2CCOCC2)cc1)C(c1cccc(F)c1)N(Cc1ccccc1)C(=O)Cn1nnc2ccccc21. The van der Waals surface area contributed by atoms with Crippen molar-refractivity contribution in [1.82, 2.24) is 19.9 Å². The highest BCUT2D eigenvalue weighted by atomic mass is 19.1. The highest BCUT2D eigenvalue weighted by molar-refractivity contribution is 5.98. The van der Waals surface area contributed by atoms with Gasteiger partial charge in [-0.05, 0) is 59.7 Å². The minimum atomic E-state index is -1.13. The molecule has 4 aromatic carbocycles. The third kappa shape index (κ3) is 6.54. The van der Waals surface area contributed by atoms with Gasteiger partial charge in [-0.1, -0.05) is 59.8 Å². The van der Waals surface area contributed by atoms with Crippen molar-refractivity contribution in [2.45, 2.75) is 19.1 Å². The monoisotopic (exact) mass is 578 g/mol. The summed E-state index contributed by atoms with van der Waals surface area (Å²) in [6.45, 7) is 2.90. The molecule has 0 spiro atoms. The number of rotatable bonds is 9. The highest BCUT2D eigenvalue weighted by Gasteiger charge is 2.32. The number of benzene rings is 4. The van der Waals surface area contributed by atoms with Crippen molar-refractivity contribution in [2.75, 3.05) is 36.5 Å². The summed E-state index contributed by atoms with van der Waals surface area (Å²) >= 11 is 0. The Bertz CT molecular complexity index is 1700. The van der Waals surface area contributed by atoms with E-state index >= 15 is 0 Å². The number of aromatic nitrogens is 3. The summed E-state index contributed by atoms with van der Waals surface area (Å²) in [5.41, 5.74) is 4.13. The second-order valence-corrected chi connectivity index (χ2v) is 10.3. The molecule has 0 bridgehead atoms. The zero-order valence-corrected chi connectivity index (χ0v) is 23.5. The van der Waals surface area contributed by atoms with Gasteiger partial charge in [0.25, 0.3) is 5.91 Å². The average Bonchev–Trinajstić information content (AvgIpc) is 3.44. The van der Waals surface area contributed by atoms with E-state index in [1.165, 1.54) is 27.8 Å². The van der Waals surface area contributed by atoms with E-state index in [9.17, 15) is 14.0 Å². The Kier molecular flexibility index (Phi) is 8.37. The molecule has 218 valence electrons. The van der Waals surface area contributed by atoms with E-state index in [0.717, 1.165) is 24.3 Å². The maximum atomic E-state index is 14.5. The lowest BCUT2D eigenvalue weighted by molar-refractivity contribution is -0.140. The second-order valence-electron chi connectivity index (χ2n) is 10.3. The Balaban J connectivity index is 1.33. The quantitative estimate of drug-likeness (QED) is 0.270. The summed E-state index contributed by atoms with van der Waals surface area (Å²) in [6.07, 6.45) is 0. The molecule has 0 aliphatic carbocycles. The fourth-order valence-corrected chi connectivity index (χ4v) is 5.29. The zero-order chi connectivity index (χ0) is 29.6. The lowest BCUT2D eigenvalue weighted by atomic mass is 10.0. The van der Waals surface area contributed by atoms with Crippen LogP contribution in [0.2, 0.25) is 0 Å². The Labute approximate surface area is 248 Å². The molecule has 1 aliphatic heterocycles. The standard InChI is InChI=1S/C33H31FN6O3/c34-26-10-6-9-25(21-26)32(33(42)35-27-13-15-28(16-14-27)38-17-19-43-20-18-38)39(22-24-7-2-1-3-8-24)31(41)23-40-30-12-5-4-11-29(30)36-37-40/h1-16,21,32H,17-20,22-23H2,(H,35,42). The van der Waals surface area contributed by atoms with Crippen molar-refractivity contribution in [3.63, 3.8) is 0 Å². The molecule has 1 aliphatic rings. The van der Waals surface area contributed by atoms with Crippen LogP contribution in [-0.2, 0) is 27.4 Å². The predicted octanol–water partition coefficient (Wildman–Crippen LogP) is 4.82. The molecule has 1 N–H and O–H groups in total. The predicted molar refractivity (Wildman–Crippen MR) is 162 cm³/mol. The summed E-state index contributed by atoms with van der Waals surface area (Å²) in [6, 6.07) is 29.0. The summed E-state index contributed by atoms with van der Waals surface area (Å²) in [5.74, 6) is -1.33. The van der Waals surface area contributed by atoms with Crippen molar-refractivity contribution in [3.05, 3.63) is 120 Å². The summed E-state index contributed by atoms with van der Waals surface area (Å²) in [7, 11) is 0. The Morgan fingerprint density at radius 2 is 1.65 bits per heavy atom. The second kappa shape index (κ2) is 12.8. The van der Waals surface area contributed by atoms with E-state index in [1.807, 2.05) is 78.9 Å². The van der Waals surface area contributed by atoms with Crippen molar-refractivity contribution >= 4 is 34.2 Å². The fraction of sp³-hybridized carbons (Fsp3) is 0.212. The number of amides is 2. The van der Waals surface area contributed by atoms with Gasteiger partial charge in [0.1, 0.15) is 23.9 Å². The van der Waals surface area contributed by atoms with Gasteiger partial charge in [0.2, 0.25) is 5.91 Å². The number of carbonyl (C=O) groups excluding carboxylic acids is 2. The lowest BCUT2D eigenvalue weighted by Crippen LogP contribution is -2.42. The van der Waals surface area contributed by atoms with Gasteiger partial charge < -0.3 is 19.9 Å². The number of ether oxygens (including phenoxy) is 1. The molecule has 9 nitrogen and oxygen atoms in total. The van der Waals surface area contributed by atoms with Crippen molar-refractivity contribution in [3.8, 4) is 0 Å². The van der Waals surface area contributed by atoms with Crippen molar-refractivity contribution in [2.24, 2.45) is 0 Å². The van der Waals surface area contributed by atoms with Crippen LogP contribution >= 0.6 is 0 Å². The Hall–Kier alpha value is -5.09. The molecule has 5 aromatic rings. The minimum absolute atomic E-state index is 0.122. The van der Waals surface area contributed by atoms with Crippen LogP contribution in [0.25, 0.3) is 11.0 Å². The molecule has 6 rings (SSSR count). The first kappa shape index (κ1) is 28.0. The van der Waals surface area contributed by atoms with Gasteiger partial charge >= 0.3 is 0 Å². The van der Waals surface area contributed by atoms with Crippen LogP contribution in [-0.4, -0.2) is 58.0 Å². The van der Waals surface area contributed by atoms with Crippen LogP contribution < -0.4 is 10.2 Å². The normalized spacial score (nSPS) is 13.9. The summed E-state index contributed by atoms with van der Waals surface area (Å²) in [5, 5.41) is 11.3. The van der Waals surface area contributed by atoms with Crippen LogP contribution in [0.1, 0.15) is 17.2 Å². The minimum Gasteiger partial charge on any atom is -0.378 e. The van der Waals surface area contributed by atoms with E-state index in [4.69, 9.17) is 4.74 Å². The number of anilines is 2. The van der Waals surface area contributed by atoms with E-state index in [-0.39, 0.29) is 19.0 Å². The number of hydrogen-bond donors (Lipinski definition) is 1.